The highest BCUT2D eigenvalue weighted by atomic mass is 35.5. The molecule has 3 unspecified atom stereocenters. The van der Waals surface area contributed by atoms with Crippen molar-refractivity contribution >= 4 is 17.9 Å². The normalized spacial score (nSPS) is 52.6. The molecule has 1 nitrogen and oxygen atoms in total. The van der Waals surface area contributed by atoms with Crippen molar-refractivity contribution in [2.24, 2.45) is 40.4 Å². The van der Waals surface area contributed by atoms with Crippen molar-refractivity contribution < 1.29 is 4.79 Å². The van der Waals surface area contributed by atoms with Gasteiger partial charge in [0.25, 0.3) is 0 Å². The molecule has 4 aliphatic carbocycles. The maximum absolute atomic E-state index is 11.4. The molecule has 4 aliphatic rings. The zero-order chi connectivity index (χ0) is 16.4. The van der Waals surface area contributed by atoms with Gasteiger partial charge in [-0.25, -0.2) is 0 Å². The van der Waals surface area contributed by atoms with Crippen molar-refractivity contribution in [1.82, 2.24) is 0 Å². The lowest BCUT2D eigenvalue weighted by Crippen LogP contribution is -2.52. The van der Waals surface area contributed by atoms with Crippen LogP contribution in [0.15, 0.2) is 10.6 Å². The van der Waals surface area contributed by atoms with Crippen molar-refractivity contribution in [2.45, 2.75) is 72.1 Å². The highest BCUT2D eigenvalue weighted by Gasteiger charge is 2.59. The van der Waals surface area contributed by atoms with Crippen molar-refractivity contribution in [3.8, 4) is 0 Å². The van der Waals surface area contributed by atoms with E-state index >= 15 is 0 Å². The molecule has 0 amide bonds. The van der Waals surface area contributed by atoms with Gasteiger partial charge in [-0.3, -0.25) is 4.79 Å². The molecule has 0 radical (unpaired) electrons. The fraction of sp³-hybridized carbons (Fsp3) is 0.857. The third-order valence-corrected chi connectivity index (χ3v) is 9.36. The zero-order valence-corrected chi connectivity index (χ0v) is 15.7. The van der Waals surface area contributed by atoms with Gasteiger partial charge >= 0.3 is 0 Å². The molecular weight excluding hydrogens is 304 g/mol. The number of rotatable bonds is 1. The van der Waals surface area contributed by atoms with E-state index in [0.717, 1.165) is 47.0 Å². The summed E-state index contributed by atoms with van der Waals surface area (Å²) in [5, 5.41) is 0.903. The third-order valence-electron chi connectivity index (χ3n) is 8.68. The number of aldehydes is 1. The number of fused-ring (bicyclic) bond motifs is 5. The van der Waals surface area contributed by atoms with Crippen LogP contribution in [0.5, 0.6) is 0 Å². The van der Waals surface area contributed by atoms with Gasteiger partial charge in [-0.15, -0.1) is 0 Å². The summed E-state index contributed by atoms with van der Waals surface area (Å²) in [6.45, 7) is 7.39. The van der Waals surface area contributed by atoms with E-state index in [-0.39, 0.29) is 5.41 Å². The van der Waals surface area contributed by atoms with E-state index in [2.05, 4.69) is 20.8 Å². The van der Waals surface area contributed by atoms with Gasteiger partial charge in [0.2, 0.25) is 0 Å². The van der Waals surface area contributed by atoms with Crippen LogP contribution in [0.25, 0.3) is 0 Å². The molecular formula is C21H31ClO. The Balaban J connectivity index is 1.64. The van der Waals surface area contributed by atoms with Crippen molar-refractivity contribution in [2.75, 3.05) is 0 Å². The van der Waals surface area contributed by atoms with Crippen LogP contribution < -0.4 is 0 Å². The van der Waals surface area contributed by atoms with Crippen LogP contribution in [0.1, 0.15) is 72.1 Å². The molecule has 3 fully saturated rings. The molecule has 4 rings (SSSR count). The van der Waals surface area contributed by atoms with E-state index in [9.17, 15) is 4.79 Å². The summed E-state index contributed by atoms with van der Waals surface area (Å²) in [5.41, 5.74) is 1.54. The first-order valence-electron chi connectivity index (χ1n) is 9.74. The fourth-order valence-corrected chi connectivity index (χ4v) is 7.59. The van der Waals surface area contributed by atoms with Crippen LogP contribution in [0, 0.1) is 40.4 Å². The highest BCUT2D eigenvalue weighted by molar-refractivity contribution is 6.32. The molecule has 0 heterocycles. The molecule has 128 valence electrons. The van der Waals surface area contributed by atoms with Gasteiger partial charge in [-0.05, 0) is 80.0 Å². The molecule has 0 N–H and O–H groups in total. The van der Waals surface area contributed by atoms with Crippen molar-refractivity contribution in [3.63, 3.8) is 0 Å². The van der Waals surface area contributed by atoms with Gasteiger partial charge in [0.15, 0.2) is 0 Å². The smallest absolute Gasteiger partial charge is 0.147 e. The molecule has 3 saturated carbocycles. The molecule has 0 aromatic rings. The first-order valence-corrected chi connectivity index (χ1v) is 10.1. The third kappa shape index (κ3) is 2.14. The Morgan fingerprint density at radius 2 is 1.87 bits per heavy atom. The molecule has 0 aromatic heterocycles. The number of carbonyl (C=O) groups is 1. The topological polar surface area (TPSA) is 17.1 Å². The van der Waals surface area contributed by atoms with E-state index in [1.807, 2.05) is 0 Å². The molecule has 0 bridgehead atoms. The first kappa shape index (κ1) is 16.2. The summed E-state index contributed by atoms with van der Waals surface area (Å²) < 4.78 is 0. The predicted octanol–water partition coefficient (Wildman–Crippen LogP) is 5.97. The molecule has 7 atom stereocenters. The Labute approximate surface area is 146 Å². The lowest BCUT2D eigenvalue weighted by molar-refractivity contribution is -0.107. The van der Waals surface area contributed by atoms with Gasteiger partial charge in [0.05, 0.1) is 0 Å². The summed E-state index contributed by atoms with van der Waals surface area (Å²) in [7, 11) is 0. The summed E-state index contributed by atoms with van der Waals surface area (Å²) in [5.74, 6) is 4.12. The van der Waals surface area contributed by atoms with Crippen LogP contribution in [0.3, 0.4) is 0 Å². The molecule has 0 aromatic carbocycles. The quantitative estimate of drug-likeness (QED) is 0.540. The Morgan fingerprint density at radius 1 is 1.09 bits per heavy atom. The molecule has 0 aliphatic heterocycles. The van der Waals surface area contributed by atoms with Crippen molar-refractivity contribution in [3.05, 3.63) is 10.6 Å². The minimum absolute atomic E-state index is 0.0874. The molecule has 2 heteroatoms. The van der Waals surface area contributed by atoms with Gasteiger partial charge < -0.3 is 0 Å². The van der Waals surface area contributed by atoms with E-state index < -0.39 is 0 Å². The first-order chi connectivity index (χ1) is 10.9. The van der Waals surface area contributed by atoms with Crippen LogP contribution in [-0.4, -0.2) is 6.29 Å². The second kappa shape index (κ2) is 5.35. The number of allylic oxidation sites excluding steroid dienone is 2. The number of hydrogen-bond donors (Lipinski definition) is 0. The summed E-state index contributed by atoms with van der Waals surface area (Å²) in [6, 6.07) is 0. The molecule has 0 saturated heterocycles. The number of hydrogen-bond acceptors (Lipinski definition) is 1. The lowest BCUT2D eigenvalue weighted by Gasteiger charge is -2.60. The summed E-state index contributed by atoms with van der Waals surface area (Å²) in [6.07, 6.45) is 11.5. The predicted molar refractivity (Wildman–Crippen MR) is 95.2 cm³/mol. The van der Waals surface area contributed by atoms with Crippen LogP contribution >= 0.6 is 11.6 Å². The average Bonchev–Trinajstić information content (AvgIpc) is 2.79. The molecule has 0 spiro atoms. The fourth-order valence-electron chi connectivity index (χ4n) is 7.23. The van der Waals surface area contributed by atoms with Gasteiger partial charge in [-0.1, -0.05) is 38.8 Å². The van der Waals surface area contributed by atoms with Gasteiger partial charge in [0, 0.05) is 16.0 Å². The Bertz CT molecular complexity index is 552. The maximum atomic E-state index is 11.4. The summed E-state index contributed by atoms with van der Waals surface area (Å²) >= 11 is 6.66. The minimum atomic E-state index is 0.0874. The van der Waals surface area contributed by atoms with Crippen LogP contribution in [0.4, 0.5) is 0 Å². The average molecular weight is 335 g/mol. The second-order valence-corrected chi connectivity index (χ2v) is 10.0. The lowest BCUT2D eigenvalue weighted by atomic mass is 9.45. The largest absolute Gasteiger partial charge is 0.298 e. The molecule has 23 heavy (non-hydrogen) atoms. The standard InChI is InChI=1S/C21H31ClO/c1-13-6-8-20(2)15(10-13)4-5-16-17(20)7-9-21(3)18(16)11-14(12-23)19(21)22/h12-13,15-18H,4-11H2,1-3H3/t13-,15-,16?,17?,18?,20+,21+/m1/s1. The van der Waals surface area contributed by atoms with E-state index in [4.69, 9.17) is 11.6 Å². The number of halogens is 1. The zero-order valence-electron chi connectivity index (χ0n) is 14.9. The second-order valence-electron chi connectivity index (χ2n) is 9.65. The van der Waals surface area contributed by atoms with E-state index in [1.165, 1.54) is 44.9 Å². The van der Waals surface area contributed by atoms with Gasteiger partial charge in [0.1, 0.15) is 6.29 Å². The van der Waals surface area contributed by atoms with Crippen LogP contribution in [-0.2, 0) is 4.79 Å². The van der Waals surface area contributed by atoms with E-state index in [1.54, 1.807) is 0 Å². The van der Waals surface area contributed by atoms with Crippen LogP contribution in [0.2, 0.25) is 0 Å². The maximum Gasteiger partial charge on any atom is 0.147 e. The van der Waals surface area contributed by atoms with E-state index in [0.29, 0.717) is 11.3 Å². The Hall–Kier alpha value is -0.300. The number of carbonyl (C=O) groups excluding carboxylic acids is 1. The van der Waals surface area contributed by atoms with Crippen molar-refractivity contribution in [1.29, 1.82) is 0 Å². The minimum Gasteiger partial charge on any atom is -0.298 e. The Morgan fingerprint density at radius 3 is 2.61 bits per heavy atom. The highest BCUT2D eigenvalue weighted by Crippen LogP contribution is 2.67. The summed E-state index contributed by atoms with van der Waals surface area (Å²) in [4.78, 5) is 11.4. The SMILES string of the molecule is C[C@@H]1CC[C@]2(C)C3CC[C@]4(C)C(Cl)=C(C=O)CC4C3CC[C@@H]2C1. The monoisotopic (exact) mass is 334 g/mol. The Kier molecular flexibility index (Phi) is 3.76. The van der Waals surface area contributed by atoms with Gasteiger partial charge in [-0.2, -0.15) is 0 Å².